The van der Waals surface area contributed by atoms with Gasteiger partial charge in [0.25, 0.3) is 17.7 Å². The van der Waals surface area contributed by atoms with E-state index in [0.29, 0.717) is 23.2 Å². The number of rotatable bonds is 3. The standard InChI is InChI=1S/C19H14N4O3S2/c1-2-22-13-8-4-3-7-12(13)14(17(22)25)15-18(26)23(19(27)28-15)21-16(24)11-6-5-9-20-10-11/h3-10H,2H2,1H3,(H,21,24). The summed E-state index contributed by atoms with van der Waals surface area (Å²) in [5, 5.41) is 1.00. The zero-order valence-electron chi connectivity index (χ0n) is 14.7. The first-order valence-corrected chi connectivity index (χ1v) is 9.68. The minimum atomic E-state index is -0.525. The molecule has 7 nitrogen and oxygen atoms in total. The number of carbonyl (C=O) groups excluding carboxylic acids is 3. The zero-order valence-corrected chi connectivity index (χ0v) is 16.3. The molecule has 0 atom stereocenters. The Morgan fingerprint density at radius 3 is 2.68 bits per heavy atom. The van der Waals surface area contributed by atoms with Crippen LogP contribution in [-0.2, 0) is 9.59 Å². The van der Waals surface area contributed by atoms with E-state index in [2.05, 4.69) is 10.4 Å². The van der Waals surface area contributed by atoms with Gasteiger partial charge in [-0.1, -0.05) is 30.0 Å². The number of hydrazine groups is 1. The number of amides is 3. The number of anilines is 1. The molecule has 1 fully saturated rings. The molecule has 0 radical (unpaired) electrons. The minimum absolute atomic E-state index is 0.157. The summed E-state index contributed by atoms with van der Waals surface area (Å²) in [7, 11) is 0. The summed E-state index contributed by atoms with van der Waals surface area (Å²) in [6, 6.07) is 10.5. The van der Waals surface area contributed by atoms with Crippen molar-refractivity contribution in [3.63, 3.8) is 0 Å². The maximum atomic E-state index is 13.0. The first-order chi connectivity index (χ1) is 13.5. The predicted molar refractivity (Wildman–Crippen MR) is 110 cm³/mol. The van der Waals surface area contributed by atoms with E-state index < -0.39 is 11.8 Å². The highest BCUT2D eigenvalue weighted by Crippen LogP contribution is 2.43. The number of fused-ring (bicyclic) bond motifs is 1. The van der Waals surface area contributed by atoms with E-state index in [4.69, 9.17) is 12.2 Å². The summed E-state index contributed by atoms with van der Waals surface area (Å²) in [6.45, 7) is 2.36. The smallest absolute Gasteiger partial charge is 0.286 e. The third-order valence-corrected chi connectivity index (χ3v) is 5.75. The van der Waals surface area contributed by atoms with Crippen molar-refractivity contribution in [2.45, 2.75) is 6.92 Å². The Morgan fingerprint density at radius 1 is 1.18 bits per heavy atom. The van der Waals surface area contributed by atoms with E-state index >= 15 is 0 Å². The van der Waals surface area contributed by atoms with Gasteiger partial charge in [-0.15, -0.1) is 0 Å². The maximum Gasteiger partial charge on any atom is 0.286 e. The van der Waals surface area contributed by atoms with Gasteiger partial charge < -0.3 is 4.90 Å². The van der Waals surface area contributed by atoms with Crippen LogP contribution in [0.3, 0.4) is 0 Å². The summed E-state index contributed by atoms with van der Waals surface area (Å²) in [5.41, 5.74) is 4.55. The molecule has 1 saturated heterocycles. The summed E-state index contributed by atoms with van der Waals surface area (Å²) < 4.78 is 0.157. The summed E-state index contributed by atoms with van der Waals surface area (Å²) in [5.74, 6) is -1.28. The fraction of sp³-hybridized carbons (Fsp3) is 0.105. The number of carbonyl (C=O) groups is 3. The molecule has 0 spiro atoms. The Hall–Kier alpha value is -3.04. The maximum absolute atomic E-state index is 13.0. The van der Waals surface area contributed by atoms with Crippen molar-refractivity contribution in [2.75, 3.05) is 11.4 Å². The average molecular weight is 410 g/mol. The van der Waals surface area contributed by atoms with Gasteiger partial charge in [0.2, 0.25) is 0 Å². The highest BCUT2D eigenvalue weighted by molar-refractivity contribution is 8.26. The van der Waals surface area contributed by atoms with E-state index in [9.17, 15) is 14.4 Å². The molecule has 0 aliphatic carbocycles. The van der Waals surface area contributed by atoms with Gasteiger partial charge in [-0.25, -0.2) is 0 Å². The number of benzene rings is 1. The van der Waals surface area contributed by atoms with Crippen LogP contribution in [0, 0.1) is 0 Å². The lowest BCUT2D eigenvalue weighted by molar-refractivity contribution is -0.124. The normalized spacial score (nSPS) is 18.7. The Balaban J connectivity index is 1.69. The van der Waals surface area contributed by atoms with Crippen molar-refractivity contribution in [3.8, 4) is 0 Å². The SMILES string of the molecule is CCN1C(=O)C(=C2SC(=S)N(NC(=O)c3cccnc3)C2=O)c2ccccc21. The lowest BCUT2D eigenvalue weighted by Crippen LogP contribution is -2.45. The van der Waals surface area contributed by atoms with Crippen LogP contribution in [0.2, 0.25) is 0 Å². The van der Waals surface area contributed by atoms with Gasteiger partial charge in [-0.2, -0.15) is 5.01 Å². The quantitative estimate of drug-likeness (QED) is 0.618. The fourth-order valence-corrected chi connectivity index (χ4v) is 4.34. The third-order valence-electron chi connectivity index (χ3n) is 4.37. The van der Waals surface area contributed by atoms with Crippen molar-refractivity contribution in [1.82, 2.24) is 15.4 Å². The molecule has 2 aliphatic rings. The number of hydrogen-bond donors (Lipinski definition) is 1. The van der Waals surface area contributed by atoms with Gasteiger partial charge in [0, 0.05) is 24.5 Å². The number of pyridine rings is 1. The average Bonchev–Trinajstić information content (AvgIpc) is 3.15. The second-order valence-corrected chi connectivity index (χ2v) is 7.61. The summed E-state index contributed by atoms with van der Waals surface area (Å²) in [6.07, 6.45) is 2.94. The van der Waals surface area contributed by atoms with Crippen molar-refractivity contribution in [3.05, 3.63) is 64.8 Å². The van der Waals surface area contributed by atoms with Crippen LogP contribution < -0.4 is 10.3 Å². The number of hydrogen-bond acceptors (Lipinski definition) is 6. The molecule has 140 valence electrons. The number of nitrogens with zero attached hydrogens (tertiary/aromatic N) is 3. The molecule has 28 heavy (non-hydrogen) atoms. The number of thioether (sulfide) groups is 1. The van der Waals surface area contributed by atoms with Gasteiger partial charge in [-0.3, -0.25) is 24.8 Å². The van der Waals surface area contributed by atoms with Crippen LogP contribution in [-0.4, -0.2) is 38.6 Å². The van der Waals surface area contributed by atoms with Gasteiger partial charge in [0.1, 0.15) is 0 Å². The Labute approximate surface area is 170 Å². The number of thiocarbonyl (C=S) groups is 1. The molecule has 1 aromatic carbocycles. The van der Waals surface area contributed by atoms with Gasteiger partial charge in [0.15, 0.2) is 4.32 Å². The second kappa shape index (κ2) is 7.17. The minimum Gasteiger partial charge on any atom is -0.308 e. The Morgan fingerprint density at radius 2 is 1.96 bits per heavy atom. The molecular formula is C19H14N4O3S2. The molecule has 2 aliphatic heterocycles. The number of aromatic nitrogens is 1. The van der Waals surface area contributed by atoms with Crippen LogP contribution in [0.4, 0.5) is 5.69 Å². The topological polar surface area (TPSA) is 82.6 Å². The van der Waals surface area contributed by atoms with E-state index in [1.165, 1.54) is 6.20 Å². The Kier molecular flexibility index (Phi) is 4.70. The first-order valence-electron chi connectivity index (χ1n) is 8.45. The van der Waals surface area contributed by atoms with Gasteiger partial charge in [0.05, 0.1) is 21.7 Å². The first kappa shape index (κ1) is 18.3. The lowest BCUT2D eigenvalue weighted by Gasteiger charge is -2.15. The van der Waals surface area contributed by atoms with Crippen molar-refractivity contribution in [2.24, 2.45) is 0 Å². The van der Waals surface area contributed by atoms with Crippen molar-refractivity contribution < 1.29 is 14.4 Å². The number of likely N-dealkylation sites (N-methyl/N-ethyl adjacent to an activating group) is 1. The van der Waals surface area contributed by atoms with E-state index in [-0.39, 0.29) is 15.1 Å². The second-order valence-electron chi connectivity index (χ2n) is 5.96. The molecule has 3 amide bonds. The molecule has 4 rings (SSSR count). The molecule has 1 N–H and O–H groups in total. The van der Waals surface area contributed by atoms with Gasteiger partial charge in [-0.05, 0) is 37.3 Å². The number of para-hydroxylation sites is 1. The zero-order chi connectivity index (χ0) is 19.8. The summed E-state index contributed by atoms with van der Waals surface area (Å²) in [4.78, 5) is 44.0. The van der Waals surface area contributed by atoms with Gasteiger partial charge >= 0.3 is 0 Å². The van der Waals surface area contributed by atoms with Crippen LogP contribution in [0.5, 0.6) is 0 Å². The molecule has 9 heteroatoms. The monoisotopic (exact) mass is 410 g/mol. The molecule has 0 saturated carbocycles. The van der Waals surface area contributed by atoms with Crippen LogP contribution in [0.15, 0.2) is 53.7 Å². The third kappa shape index (κ3) is 2.88. The molecule has 0 unspecified atom stereocenters. The van der Waals surface area contributed by atoms with Crippen LogP contribution >= 0.6 is 24.0 Å². The molecular weight excluding hydrogens is 396 g/mol. The molecule has 2 aromatic rings. The van der Waals surface area contributed by atoms with Crippen molar-refractivity contribution >= 4 is 57.3 Å². The van der Waals surface area contributed by atoms with Crippen molar-refractivity contribution in [1.29, 1.82) is 0 Å². The predicted octanol–water partition coefficient (Wildman–Crippen LogP) is 2.36. The highest BCUT2D eigenvalue weighted by Gasteiger charge is 2.42. The van der Waals surface area contributed by atoms with Crippen LogP contribution in [0.1, 0.15) is 22.8 Å². The van der Waals surface area contributed by atoms with Crippen LogP contribution in [0.25, 0.3) is 5.57 Å². The largest absolute Gasteiger partial charge is 0.308 e. The fourth-order valence-electron chi connectivity index (χ4n) is 3.09. The lowest BCUT2D eigenvalue weighted by atomic mass is 10.1. The van der Waals surface area contributed by atoms with E-state index in [1.54, 1.807) is 29.3 Å². The molecule has 3 heterocycles. The van der Waals surface area contributed by atoms with E-state index in [1.807, 2.05) is 25.1 Å². The van der Waals surface area contributed by atoms with E-state index in [0.717, 1.165) is 22.5 Å². The highest BCUT2D eigenvalue weighted by atomic mass is 32.2. The Bertz CT molecular complexity index is 1050. The number of nitrogens with one attached hydrogen (secondary N) is 1. The summed E-state index contributed by atoms with van der Waals surface area (Å²) >= 11 is 6.28. The molecule has 1 aromatic heterocycles. The molecule has 0 bridgehead atoms.